The molecule has 32 heavy (non-hydrogen) atoms. The number of fused-ring (bicyclic) bond motifs is 1. The highest BCUT2D eigenvalue weighted by molar-refractivity contribution is 7.89. The quantitative estimate of drug-likeness (QED) is 0.720. The molecule has 2 aliphatic rings. The lowest BCUT2D eigenvalue weighted by Gasteiger charge is -2.23. The van der Waals surface area contributed by atoms with Crippen molar-refractivity contribution >= 4 is 27.5 Å². The SMILES string of the molecule is O=C(CN1C(=O)CCCc2cc(S(=O)(=O)N3CCCC3)ccc21)NCc1ccc(F)cc1. The molecular formula is C23H26FN3O4S. The molecule has 0 spiro atoms. The second kappa shape index (κ2) is 9.38. The third kappa shape index (κ3) is 4.83. The van der Waals surface area contributed by atoms with Crippen LogP contribution >= 0.6 is 0 Å². The molecule has 2 heterocycles. The Balaban J connectivity index is 1.51. The molecule has 0 aromatic heterocycles. The lowest BCUT2D eigenvalue weighted by molar-refractivity contribution is -0.123. The van der Waals surface area contributed by atoms with Gasteiger partial charge in [0.05, 0.1) is 4.90 Å². The number of carbonyl (C=O) groups is 2. The van der Waals surface area contributed by atoms with Gasteiger partial charge >= 0.3 is 0 Å². The smallest absolute Gasteiger partial charge is 0.243 e. The molecule has 1 saturated heterocycles. The molecule has 9 heteroatoms. The van der Waals surface area contributed by atoms with Crippen molar-refractivity contribution in [1.29, 1.82) is 0 Å². The highest BCUT2D eigenvalue weighted by Crippen LogP contribution is 2.31. The summed E-state index contributed by atoms with van der Waals surface area (Å²) in [7, 11) is -3.56. The highest BCUT2D eigenvalue weighted by atomic mass is 32.2. The van der Waals surface area contributed by atoms with Crippen molar-refractivity contribution in [1.82, 2.24) is 9.62 Å². The highest BCUT2D eigenvalue weighted by Gasteiger charge is 2.30. The molecule has 1 N–H and O–H groups in total. The van der Waals surface area contributed by atoms with Crippen molar-refractivity contribution in [3.8, 4) is 0 Å². The summed E-state index contributed by atoms with van der Waals surface area (Å²) in [6.45, 7) is 1.11. The maximum atomic E-state index is 13.0. The molecular weight excluding hydrogens is 433 g/mol. The Bertz CT molecular complexity index is 1110. The minimum Gasteiger partial charge on any atom is -0.350 e. The van der Waals surface area contributed by atoms with Crippen LogP contribution in [0.2, 0.25) is 0 Å². The van der Waals surface area contributed by atoms with Gasteiger partial charge < -0.3 is 10.2 Å². The number of hydrogen-bond donors (Lipinski definition) is 1. The van der Waals surface area contributed by atoms with Gasteiger partial charge in [0, 0.05) is 31.7 Å². The number of sulfonamides is 1. The molecule has 2 aromatic rings. The van der Waals surface area contributed by atoms with Gasteiger partial charge in [-0.05, 0) is 67.1 Å². The number of benzene rings is 2. The number of anilines is 1. The van der Waals surface area contributed by atoms with Crippen molar-refractivity contribution < 1.29 is 22.4 Å². The largest absolute Gasteiger partial charge is 0.350 e. The topological polar surface area (TPSA) is 86.8 Å². The summed E-state index contributed by atoms with van der Waals surface area (Å²) in [5.41, 5.74) is 2.08. The van der Waals surface area contributed by atoms with Crippen LogP contribution in [-0.4, -0.2) is 44.2 Å². The van der Waals surface area contributed by atoms with Gasteiger partial charge in [-0.15, -0.1) is 0 Å². The zero-order valence-corrected chi connectivity index (χ0v) is 18.5. The van der Waals surface area contributed by atoms with Crippen LogP contribution in [0.5, 0.6) is 0 Å². The number of nitrogens with zero attached hydrogens (tertiary/aromatic N) is 2. The van der Waals surface area contributed by atoms with Gasteiger partial charge in [0.1, 0.15) is 12.4 Å². The molecule has 2 aromatic carbocycles. The van der Waals surface area contributed by atoms with Gasteiger partial charge in [-0.2, -0.15) is 4.31 Å². The van der Waals surface area contributed by atoms with Crippen LogP contribution in [0.15, 0.2) is 47.4 Å². The van der Waals surface area contributed by atoms with Crippen molar-refractivity contribution in [2.75, 3.05) is 24.5 Å². The molecule has 1 fully saturated rings. The minimum atomic E-state index is -3.56. The van der Waals surface area contributed by atoms with Crippen LogP contribution in [0.1, 0.15) is 36.8 Å². The van der Waals surface area contributed by atoms with Gasteiger partial charge in [0.15, 0.2) is 0 Å². The maximum Gasteiger partial charge on any atom is 0.243 e. The lowest BCUT2D eigenvalue weighted by Crippen LogP contribution is -2.40. The summed E-state index contributed by atoms with van der Waals surface area (Å²) in [6.07, 6.45) is 3.16. The molecule has 0 bridgehead atoms. The molecule has 0 aliphatic carbocycles. The van der Waals surface area contributed by atoms with Gasteiger partial charge in [0.25, 0.3) is 0 Å². The van der Waals surface area contributed by atoms with E-state index < -0.39 is 10.0 Å². The fourth-order valence-electron chi connectivity index (χ4n) is 4.14. The summed E-state index contributed by atoms with van der Waals surface area (Å²) in [5, 5.41) is 2.75. The van der Waals surface area contributed by atoms with Crippen molar-refractivity contribution in [3.63, 3.8) is 0 Å². The van der Waals surface area contributed by atoms with Crippen LogP contribution < -0.4 is 10.2 Å². The molecule has 0 atom stereocenters. The van der Waals surface area contributed by atoms with E-state index in [4.69, 9.17) is 0 Å². The van der Waals surface area contributed by atoms with Crippen LogP contribution in [0, 0.1) is 5.82 Å². The first-order valence-electron chi connectivity index (χ1n) is 10.8. The predicted octanol–water partition coefficient (Wildman–Crippen LogP) is 2.60. The number of aryl methyl sites for hydroxylation is 1. The van der Waals surface area contributed by atoms with Crippen molar-refractivity contribution in [2.24, 2.45) is 0 Å². The number of rotatable bonds is 6. The van der Waals surface area contributed by atoms with Gasteiger partial charge in [0.2, 0.25) is 21.8 Å². The Morgan fingerprint density at radius 2 is 1.72 bits per heavy atom. The number of hydrogen-bond acceptors (Lipinski definition) is 4. The van der Waals surface area contributed by atoms with Crippen LogP contribution in [-0.2, 0) is 32.6 Å². The van der Waals surface area contributed by atoms with Crippen molar-refractivity contribution in [2.45, 2.75) is 43.5 Å². The molecule has 4 rings (SSSR count). The molecule has 0 saturated carbocycles. The summed E-state index contributed by atoms with van der Waals surface area (Å²) in [5.74, 6) is -0.863. The normalized spacial score (nSPS) is 17.2. The Labute approximate surface area is 187 Å². The van der Waals surface area contributed by atoms with E-state index in [1.807, 2.05) is 0 Å². The Morgan fingerprint density at radius 3 is 2.44 bits per heavy atom. The first-order valence-corrected chi connectivity index (χ1v) is 12.2. The van der Waals surface area contributed by atoms with E-state index in [1.54, 1.807) is 24.3 Å². The predicted molar refractivity (Wildman–Crippen MR) is 118 cm³/mol. The van der Waals surface area contributed by atoms with Gasteiger partial charge in [-0.1, -0.05) is 12.1 Å². The zero-order chi connectivity index (χ0) is 22.7. The van der Waals surface area contributed by atoms with E-state index >= 15 is 0 Å². The number of carbonyl (C=O) groups excluding carboxylic acids is 2. The molecule has 2 amide bonds. The van der Waals surface area contributed by atoms with Gasteiger partial charge in [-0.25, -0.2) is 12.8 Å². The zero-order valence-electron chi connectivity index (χ0n) is 17.7. The summed E-state index contributed by atoms with van der Waals surface area (Å²) >= 11 is 0. The number of halogens is 1. The van der Waals surface area contributed by atoms with Crippen molar-refractivity contribution in [3.05, 3.63) is 59.4 Å². The van der Waals surface area contributed by atoms with E-state index in [9.17, 15) is 22.4 Å². The minimum absolute atomic E-state index is 0.161. The lowest BCUT2D eigenvalue weighted by atomic mass is 10.1. The number of amides is 2. The fraction of sp³-hybridized carbons (Fsp3) is 0.391. The van der Waals surface area contributed by atoms with E-state index in [1.165, 1.54) is 27.4 Å². The second-order valence-electron chi connectivity index (χ2n) is 8.14. The summed E-state index contributed by atoms with van der Waals surface area (Å²) in [6, 6.07) is 10.6. The number of nitrogens with one attached hydrogen (secondary N) is 1. The van der Waals surface area contributed by atoms with Crippen LogP contribution in [0.3, 0.4) is 0 Å². The summed E-state index contributed by atoms with van der Waals surface area (Å²) < 4.78 is 40.4. The third-order valence-electron chi connectivity index (χ3n) is 5.89. The average molecular weight is 460 g/mol. The van der Waals surface area contributed by atoms with E-state index in [0.29, 0.717) is 31.6 Å². The van der Waals surface area contributed by atoms with E-state index in [-0.39, 0.29) is 42.0 Å². The van der Waals surface area contributed by atoms with Crippen LogP contribution in [0.4, 0.5) is 10.1 Å². The van der Waals surface area contributed by atoms with E-state index in [0.717, 1.165) is 24.0 Å². The second-order valence-corrected chi connectivity index (χ2v) is 10.1. The molecule has 170 valence electrons. The van der Waals surface area contributed by atoms with Crippen LogP contribution in [0.25, 0.3) is 0 Å². The molecule has 2 aliphatic heterocycles. The Hall–Kier alpha value is -2.78. The fourth-order valence-corrected chi connectivity index (χ4v) is 5.71. The standard InChI is InChI=1S/C23H26FN3O4S/c24-19-8-6-17(7-9-19)15-25-22(28)16-27-21-11-10-20(14-18(21)4-3-5-23(27)29)32(30,31)26-12-1-2-13-26/h6-11,14H,1-5,12-13,15-16H2,(H,25,28). The Morgan fingerprint density at radius 1 is 1.00 bits per heavy atom. The first-order chi connectivity index (χ1) is 15.3. The first kappa shape index (κ1) is 22.4. The average Bonchev–Trinajstić information content (AvgIpc) is 3.28. The molecule has 7 nitrogen and oxygen atoms in total. The molecule has 0 unspecified atom stereocenters. The molecule has 0 radical (unpaired) electrons. The Kier molecular flexibility index (Phi) is 6.57. The summed E-state index contributed by atoms with van der Waals surface area (Å²) in [4.78, 5) is 26.9. The monoisotopic (exact) mass is 459 g/mol. The third-order valence-corrected chi connectivity index (χ3v) is 7.78. The van der Waals surface area contributed by atoms with Gasteiger partial charge in [-0.3, -0.25) is 9.59 Å². The van der Waals surface area contributed by atoms with E-state index in [2.05, 4.69) is 5.32 Å². The maximum absolute atomic E-state index is 13.0.